The maximum atomic E-state index is 12.3. The number of nitrogens with one attached hydrogen (secondary N) is 3. The Hall–Kier alpha value is -4.99. The number of carboxylic acids is 2. The number of hydrogen-bond donors (Lipinski definition) is 3. The zero-order chi connectivity index (χ0) is 31.6. The lowest BCUT2D eigenvalue weighted by molar-refractivity contribution is -0.307. The number of allylic oxidation sites excluding steroid dienone is 3. The molecule has 2 aliphatic heterocycles. The normalized spacial score (nSPS) is 19.7. The second-order valence-electron chi connectivity index (χ2n) is 10.7. The molecule has 2 aromatic rings. The van der Waals surface area contributed by atoms with E-state index >= 15 is 0 Å². The lowest BCUT2D eigenvalue weighted by Gasteiger charge is -2.05. The topological polar surface area (TPSA) is 170 Å². The van der Waals surface area contributed by atoms with Crippen molar-refractivity contribution < 1.29 is 29.4 Å². The highest BCUT2D eigenvalue weighted by atomic mass is 16.4. The monoisotopic (exact) mass is 582 g/mol. The third-order valence-electron chi connectivity index (χ3n) is 8.10. The predicted octanol–water partition coefficient (Wildman–Crippen LogP) is 0.471. The van der Waals surface area contributed by atoms with Crippen LogP contribution in [0.25, 0.3) is 18.2 Å². The van der Waals surface area contributed by atoms with E-state index in [1.165, 1.54) is 6.08 Å². The lowest BCUT2D eigenvalue weighted by Crippen LogP contribution is -2.23. The van der Waals surface area contributed by atoms with Crippen molar-refractivity contribution in [3.8, 4) is 0 Å². The first-order valence-corrected chi connectivity index (χ1v) is 14.0. The van der Waals surface area contributed by atoms with Crippen molar-refractivity contribution in [2.24, 2.45) is 10.9 Å². The van der Waals surface area contributed by atoms with Crippen molar-refractivity contribution in [3.05, 3.63) is 85.5 Å². The van der Waals surface area contributed by atoms with Crippen molar-refractivity contribution in [2.45, 2.75) is 60.3 Å². The molecule has 4 rings (SSSR count). The zero-order valence-electron chi connectivity index (χ0n) is 24.9. The van der Waals surface area contributed by atoms with Crippen LogP contribution in [-0.2, 0) is 32.0 Å². The summed E-state index contributed by atoms with van der Waals surface area (Å²) < 4.78 is 0. The fourth-order valence-electron chi connectivity index (χ4n) is 5.56. The minimum absolute atomic E-state index is 0.102. The summed E-state index contributed by atoms with van der Waals surface area (Å²) in [5, 5.41) is 26.9. The van der Waals surface area contributed by atoms with Crippen LogP contribution in [0.2, 0.25) is 0 Å². The predicted molar refractivity (Wildman–Crippen MR) is 159 cm³/mol. The highest BCUT2D eigenvalue weighted by molar-refractivity contribution is 6.31. The highest BCUT2D eigenvalue weighted by Crippen LogP contribution is 2.29. The first-order valence-electron chi connectivity index (χ1n) is 14.0. The molecule has 10 nitrogen and oxygen atoms in total. The first kappa shape index (κ1) is 31.0. The van der Waals surface area contributed by atoms with Gasteiger partial charge in [-0.25, -0.2) is 4.99 Å². The second kappa shape index (κ2) is 12.5. The molecular formula is C33H34N4O6-2. The van der Waals surface area contributed by atoms with E-state index in [0.29, 0.717) is 44.6 Å². The van der Waals surface area contributed by atoms with Gasteiger partial charge in [0.2, 0.25) is 5.91 Å². The summed E-state index contributed by atoms with van der Waals surface area (Å²) in [5.41, 5.74) is 7.53. The van der Waals surface area contributed by atoms with Crippen molar-refractivity contribution in [1.29, 1.82) is 0 Å². The van der Waals surface area contributed by atoms with Gasteiger partial charge >= 0.3 is 0 Å². The van der Waals surface area contributed by atoms with Crippen LogP contribution < -0.4 is 26.2 Å². The van der Waals surface area contributed by atoms with Crippen LogP contribution in [0.5, 0.6) is 0 Å². The minimum Gasteiger partial charge on any atom is -0.550 e. The van der Waals surface area contributed by atoms with Gasteiger partial charge in [-0.2, -0.15) is 0 Å². The molecule has 4 heterocycles. The van der Waals surface area contributed by atoms with E-state index in [-0.39, 0.29) is 43.4 Å². The molecule has 0 aliphatic carbocycles. The Balaban J connectivity index is 1.91. The van der Waals surface area contributed by atoms with E-state index in [0.717, 1.165) is 27.8 Å². The van der Waals surface area contributed by atoms with Crippen LogP contribution in [0.15, 0.2) is 46.1 Å². The molecule has 0 aromatic carbocycles. The Labute approximate surface area is 249 Å². The van der Waals surface area contributed by atoms with Crippen LogP contribution in [0.4, 0.5) is 0 Å². The molecule has 224 valence electrons. The number of nitrogens with zero attached hydrogens (tertiary/aromatic N) is 1. The van der Waals surface area contributed by atoms with E-state index in [1.54, 1.807) is 13.0 Å². The summed E-state index contributed by atoms with van der Waals surface area (Å²) in [6, 6.07) is 0. The van der Waals surface area contributed by atoms with Gasteiger partial charge in [0.1, 0.15) is 0 Å². The quantitative estimate of drug-likeness (QED) is 0.368. The molecule has 10 heteroatoms. The molecule has 2 aliphatic rings. The third-order valence-corrected chi connectivity index (χ3v) is 8.10. The van der Waals surface area contributed by atoms with Gasteiger partial charge in [-0.05, 0) is 112 Å². The Morgan fingerprint density at radius 3 is 2.14 bits per heavy atom. The summed E-state index contributed by atoms with van der Waals surface area (Å²) in [5.74, 6) is -3.14. The molecule has 1 saturated heterocycles. The summed E-state index contributed by atoms with van der Waals surface area (Å²) in [4.78, 5) is 58.2. The van der Waals surface area contributed by atoms with Gasteiger partial charge in [0.25, 0.3) is 5.91 Å². The van der Waals surface area contributed by atoms with Crippen LogP contribution >= 0.6 is 0 Å². The van der Waals surface area contributed by atoms with Crippen molar-refractivity contribution >= 4 is 47.7 Å². The molecule has 3 N–H and O–H groups in total. The number of hydrogen-bond acceptors (Lipinski definition) is 6. The third kappa shape index (κ3) is 6.28. The van der Waals surface area contributed by atoms with Gasteiger partial charge in [-0.1, -0.05) is 18.7 Å². The molecule has 2 aromatic heterocycles. The molecule has 43 heavy (non-hydrogen) atoms. The number of H-pyrrole nitrogens is 2. The van der Waals surface area contributed by atoms with Crippen LogP contribution in [0, 0.1) is 19.8 Å². The molecule has 0 saturated carbocycles. The molecular weight excluding hydrogens is 548 g/mol. The number of carbonyl (C=O) groups is 4. The van der Waals surface area contributed by atoms with E-state index in [2.05, 4.69) is 26.9 Å². The molecule has 1 fully saturated rings. The molecule has 2 amide bonds. The van der Waals surface area contributed by atoms with Crippen molar-refractivity contribution in [1.82, 2.24) is 15.3 Å². The number of aliphatic carboxylic acids is 2. The average molecular weight is 583 g/mol. The van der Waals surface area contributed by atoms with Crippen LogP contribution in [0.1, 0.15) is 67.3 Å². The molecule has 0 spiro atoms. The SMILES string of the molecule is C=CC1=C(C)C(C=c2[nH]c(=Cc3[nH]c(/C=C4\NC(=O)C(C)\C4=C\C)c(C)c3CCC(=O)[O-])c(CCC(=O)[O-])c2C)=NC1=O. The number of amides is 2. The van der Waals surface area contributed by atoms with Crippen LogP contribution in [0.3, 0.4) is 0 Å². The Kier molecular flexibility index (Phi) is 8.99. The van der Waals surface area contributed by atoms with Gasteiger partial charge in [-0.3, -0.25) is 9.59 Å². The van der Waals surface area contributed by atoms with Gasteiger partial charge in [0, 0.05) is 45.3 Å². The van der Waals surface area contributed by atoms with Gasteiger partial charge in [-0.15, -0.1) is 0 Å². The zero-order valence-corrected chi connectivity index (χ0v) is 24.9. The summed E-state index contributed by atoms with van der Waals surface area (Å²) >= 11 is 0. The maximum Gasteiger partial charge on any atom is 0.277 e. The fraction of sp³-hybridized carbons (Fsp3) is 0.303. The fourth-order valence-corrected chi connectivity index (χ4v) is 5.56. The van der Waals surface area contributed by atoms with Crippen molar-refractivity contribution in [2.75, 3.05) is 0 Å². The summed E-state index contributed by atoms with van der Waals surface area (Å²) in [7, 11) is 0. The average Bonchev–Trinajstić information content (AvgIpc) is 3.59. The first-order chi connectivity index (χ1) is 20.4. The van der Waals surface area contributed by atoms with Crippen LogP contribution in [-0.4, -0.2) is 39.4 Å². The highest BCUT2D eigenvalue weighted by Gasteiger charge is 2.29. The number of aliphatic imine (C=N–C) groups is 1. The van der Waals surface area contributed by atoms with Gasteiger partial charge in [0.05, 0.1) is 11.6 Å². The van der Waals surface area contributed by atoms with Crippen molar-refractivity contribution in [3.63, 3.8) is 0 Å². The smallest absolute Gasteiger partial charge is 0.277 e. The van der Waals surface area contributed by atoms with E-state index in [1.807, 2.05) is 45.9 Å². The number of carboxylic acid groups (broad SMARTS) is 2. The molecule has 0 radical (unpaired) electrons. The number of rotatable bonds is 10. The van der Waals surface area contributed by atoms with Gasteiger partial charge < -0.3 is 35.1 Å². The summed E-state index contributed by atoms with van der Waals surface area (Å²) in [6.07, 6.45) is 8.73. The standard InChI is InChI=1S/C33H36N4O6/c1-7-20-19(6)32(42)37-27(20)14-25-18(5)23(10-12-31(40)41)29(35-25)15-28-22(9-11-30(38)39)17(4)24(34-28)13-26-16(3)21(8-2)33(43)36-26/h7-8,13-15,19,34-35H,2,9-12H2,1,3-6H3,(H,37,42)(H,38,39)(H,40,41)/p-2/b20-7-,24-13?,27-14-,28-15?. The largest absolute Gasteiger partial charge is 0.550 e. The van der Waals surface area contributed by atoms with E-state index < -0.39 is 11.9 Å². The number of aromatic nitrogens is 2. The second-order valence-corrected chi connectivity index (χ2v) is 10.7. The Bertz CT molecular complexity index is 1810. The molecule has 0 bridgehead atoms. The van der Waals surface area contributed by atoms with E-state index in [4.69, 9.17) is 0 Å². The Morgan fingerprint density at radius 2 is 1.56 bits per heavy atom. The summed E-state index contributed by atoms with van der Waals surface area (Å²) in [6.45, 7) is 12.9. The molecule has 1 atom stereocenters. The Morgan fingerprint density at radius 1 is 0.907 bits per heavy atom. The van der Waals surface area contributed by atoms with E-state index in [9.17, 15) is 29.4 Å². The van der Waals surface area contributed by atoms with Gasteiger partial charge in [0.15, 0.2) is 0 Å². The minimum atomic E-state index is -1.19. The molecule has 1 unspecified atom stereocenters. The number of carbonyl (C=O) groups excluding carboxylic acids is 4. The lowest BCUT2D eigenvalue weighted by atomic mass is 10.00. The number of aromatic amines is 2. The maximum absolute atomic E-state index is 12.3.